The predicted octanol–water partition coefficient (Wildman–Crippen LogP) is 3.84. The molecular weight excluding hydrogens is 493 g/mol. The van der Waals surface area contributed by atoms with Crippen LogP contribution < -0.4 is 9.62 Å². The van der Waals surface area contributed by atoms with Crippen molar-refractivity contribution in [1.82, 2.24) is 10.2 Å². The molecule has 1 N–H and O–H groups in total. The van der Waals surface area contributed by atoms with Crippen LogP contribution in [-0.4, -0.2) is 44.8 Å². The molecule has 35 heavy (non-hydrogen) atoms. The van der Waals surface area contributed by atoms with Gasteiger partial charge < -0.3 is 10.2 Å². The lowest BCUT2D eigenvalue weighted by molar-refractivity contribution is -0.139. The summed E-state index contributed by atoms with van der Waals surface area (Å²) in [7, 11) is -2.89. The van der Waals surface area contributed by atoms with Gasteiger partial charge in [-0.3, -0.25) is 13.9 Å². The highest BCUT2D eigenvalue weighted by Gasteiger charge is 2.33. The van der Waals surface area contributed by atoms with E-state index in [1.54, 1.807) is 30.3 Å². The number of sulfonamides is 1. The van der Waals surface area contributed by atoms with E-state index in [1.165, 1.54) is 61.3 Å². The lowest BCUT2D eigenvalue weighted by Gasteiger charge is -2.32. The van der Waals surface area contributed by atoms with Crippen LogP contribution in [0, 0.1) is 5.82 Å². The highest BCUT2D eigenvalue weighted by molar-refractivity contribution is 7.92. The molecule has 184 valence electrons. The summed E-state index contributed by atoms with van der Waals surface area (Å²) in [5.41, 5.74) is 0.289. The molecular formula is C25H25ClFN3O4S. The Morgan fingerprint density at radius 1 is 0.971 bits per heavy atom. The van der Waals surface area contributed by atoms with Gasteiger partial charge in [-0.05, 0) is 42.8 Å². The number of likely N-dealkylation sites (N-methyl/N-ethyl adjacent to an activating group) is 1. The van der Waals surface area contributed by atoms with Gasteiger partial charge in [0.2, 0.25) is 11.8 Å². The number of hydrogen-bond acceptors (Lipinski definition) is 4. The van der Waals surface area contributed by atoms with Crippen LogP contribution in [0.15, 0.2) is 83.8 Å². The van der Waals surface area contributed by atoms with Gasteiger partial charge in [-0.2, -0.15) is 0 Å². The van der Waals surface area contributed by atoms with E-state index in [0.717, 1.165) is 10.4 Å². The number of carbonyl (C=O) groups is 2. The van der Waals surface area contributed by atoms with Gasteiger partial charge in [0.15, 0.2) is 0 Å². The summed E-state index contributed by atoms with van der Waals surface area (Å²) in [5, 5.41) is 2.88. The minimum absolute atomic E-state index is 0.0520. The Morgan fingerprint density at radius 2 is 1.57 bits per heavy atom. The van der Waals surface area contributed by atoms with E-state index < -0.39 is 40.2 Å². The smallest absolute Gasteiger partial charge is 0.264 e. The standard InChI is InChI=1S/C25H25ClFN3O4S/c1-18(25(32)28-2)29(16-19-10-6-7-13-21(19)26)24(31)17-30(23-15-9-8-14-22(23)27)35(33,34)20-11-4-3-5-12-20/h3-15,18H,16-17H2,1-2H3,(H,28,32)/t18-/m1/s1. The van der Waals surface area contributed by atoms with Crippen molar-refractivity contribution < 1.29 is 22.4 Å². The number of hydrogen-bond donors (Lipinski definition) is 1. The monoisotopic (exact) mass is 517 g/mol. The van der Waals surface area contributed by atoms with E-state index in [9.17, 15) is 22.4 Å². The first kappa shape index (κ1) is 26.2. The molecule has 10 heteroatoms. The highest BCUT2D eigenvalue weighted by Crippen LogP contribution is 2.27. The van der Waals surface area contributed by atoms with Crippen LogP contribution in [0.25, 0.3) is 0 Å². The third-order valence-corrected chi connectivity index (χ3v) is 7.59. The van der Waals surface area contributed by atoms with Crippen molar-refractivity contribution >= 4 is 39.1 Å². The number of carbonyl (C=O) groups excluding carboxylic acids is 2. The second-order valence-corrected chi connectivity index (χ2v) is 9.95. The normalized spacial score (nSPS) is 12.0. The number of benzene rings is 3. The van der Waals surface area contributed by atoms with Crippen molar-refractivity contribution in [2.24, 2.45) is 0 Å². The van der Waals surface area contributed by atoms with E-state index >= 15 is 0 Å². The summed E-state index contributed by atoms with van der Waals surface area (Å²) in [5.74, 6) is -1.96. The van der Waals surface area contributed by atoms with E-state index in [0.29, 0.717) is 10.6 Å². The molecule has 0 saturated carbocycles. The van der Waals surface area contributed by atoms with Gasteiger partial charge in [0.25, 0.3) is 10.0 Å². The summed E-state index contributed by atoms with van der Waals surface area (Å²) in [6, 6.07) is 18.6. The lowest BCUT2D eigenvalue weighted by atomic mass is 10.1. The topological polar surface area (TPSA) is 86.8 Å². The Kier molecular flexibility index (Phi) is 8.48. The van der Waals surface area contributed by atoms with E-state index in [4.69, 9.17) is 11.6 Å². The number of amides is 2. The molecule has 0 aliphatic heterocycles. The molecule has 0 heterocycles. The zero-order valence-electron chi connectivity index (χ0n) is 19.2. The summed E-state index contributed by atoms with van der Waals surface area (Å²) in [4.78, 5) is 27.1. The second kappa shape index (κ2) is 11.3. The van der Waals surface area contributed by atoms with Gasteiger partial charge >= 0.3 is 0 Å². The minimum atomic E-state index is -4.32. The van der Waals surface area contributed by atoms with Crippen LogP contribution >= 0.6 is 11.6 Å². The van der Waals surface area contributed by atoms with E-state index in [1.807, 2.05) is 0 Å². The Balaban J connectivity index is 2.05. The number of nitrogens with zero attached hydrogens (tertiary/aromatic N) is 2. The van der Waals surface area contributed by atoms with Gasteiger partial charge in [-0.1, -0.05) is 60.1 Å². The summed E-state index contributed by atoms with van der Waals surface area (Å²) in [6.07, 6.45) is 0. The Hall–Kier alpha value is -3.43. The Morgan fingerprint density at radius 3 is 2.20 bits per heavy atom. The maximum absolute atomic E-state index is 14.8. The average Bonchev–Trinajstić information content (AvgIpc) is 2.86. The fraction of sp³-hybridized carbons (Fsp3) is 0.200. The first-order valence-corrected chi connectivity index (χ1v) is 12.6. The number of halogens is 2. The van der Waals surface area contributed by atoms with Crippen LogP contribution in [-0.2, 0) is 26.2 Å². The van der Waals surface area contributed by atoms with Crippen molar-refractivity contribution in [3.63, 3.8) is 0 Å². The fourth-order valence-electron chi connectivity index (χ4n) is 3.49. The summed E-state index contributed by atoms with van der Waals surface area (Å²) < 4.78 is 42.5. The molecule has 1 atom stereocenters. The van der Waals surface area contributed by atoms with Crippen LogP contribution in [0.1, 0.15) is 12.5 Å². The van der Waals surface area contributed by atoms with Gasteiger partial charge in [0, 0.05) is 18.6 Å². The van der Waals surface area contributed by atoms with Crippen molar-refractivity contribution in [2.75, 3.05) is 17.9 Å². The fourth-order valence-corrected chi connectivity index (χ4v) is 5.13. The molecule has 0 saturated heterocycles. The molecule has 2 amide bonds. The molecule has 0 unspecified atom stereocenters. The largest absolute Gasteiger partial charge is 0.357 e. The first-order valence-electron chi connectivity index (χ1n) is 10.7. The van der Waals surface area contributed by atoms with E-state index in [2.05, 4.69) is 5.32 Å². The molecule has 0 aliphatic carbocycles. The number of rotatable bonds is 9. The molecule has 7 nitrogen and oxygen atoms in total. The zero-order chi connectivity index (χ0) is 25.6. The molecule has 3 rings (SSSR count). The Bertz CT molecular complexity index is 1300. The molecule has 0 aromatic heterocycles. The quantitative estimate of drug-likeness (QED) is 0.467. The molecule has 0 bridgehead atoms. The summed E-state index contributed by atoms with van der Waals surface area (Å²) in [6.45, 7) is 0.736. The highest BCUT2D eigenvalue weighted by atomic mass is 35.5. The Labute approximate surface area is 209 Å². The minimum Gasteiger partial charge on any atom is -0.357 e. The maximum atomic E-state index is 14.8. The molecule has 0 aliphatic rings. The second-order valence-electron chi connectivity index (χ2n) is 7.68. The van der Waals surface area contributed by atoms with Crippen molar-refractivity contribution in [3.05, 3.63) is 95.3 Å². The van der Waals surface area contributed by atoms with Gasteiger partial charge in [-0.25, -0.2) is 12.8 Å². The average molecular weight is 518 g/mol. The van der Waals surface area contributed by atoms with Crippen LogP contribution in [0.3, 0.4) is 0 Å². The zero-order valence-corrected chi connectivity index (χ0v) is 20.8. The van der Waals surface area contributed by atoms with E-state index in [-0.39, 0.29) is 17.1 Å². The van der Waals surface area contributed by atoms with Gasteiger partial charge in [-0.15, -0.1) is 0 Å². The molecule has 0 spiro atoms. The van der Waals surface area contributed by atoms with Crippen molar-refractivity contribution in [1.29, 1.82) is 0 Å². The van der Waals surface area contributed by atoms with Gasteiger partial charge in [0.1, 0.15) is 18.4 Å². The molecule has 0 radical (unpaired) electrons. The molecule has 3 aromatic rings. The SMILES string of the molecule is CNC(=O)[C@@H](C)N(Cc1ccccc1Cl)C(=O)CN(c1ccccc1F)S(=O)(=O)c1ccccc1. The summed E-state index contributed by atoms with van der Waals surface area (Å²) >= 11 is 6.27. The predicted molar refractivity (Wildman–Crippen MR) is 133 cm³/mol. The number of para-hydroxylation sites is 1. The van der Waals surface area contributed by atoms with Crippen LogP contribution in [0.5, 0.6) is 0 Å². The van der Waals surface area contributed by atoms with Crippen molar-refractivity contribution in [3.8, 4) is 0 Å². The number of nitrogens with one attached hydrogen (secondary N) is 1. The third kappa shape index (κ3) is 5.98. The van der Waals surface area contributed by atoms with Crippen molar-refractivity contribution in [2.45, 2.75) is 24.4 Å². The first-order chi connectivity index (χ1) is 16.7. The molecule has 3 aromatic carbocycles. The molecule has 0 fully saturated rings. The van der Waals surface area contributed by atoms with Crippen LogP contribution in [0.4, 0.5) is 10.1 Å². The maximum Gasteiger partial charge on any atom is 0.264 e. The number of anilines is 1. The lowest BCUT2D eigenvalue weighted by Crippen LogP contribution is -2.50. The van der Waals surface area contributed by atoms with Crippen LogP contribution in [0.2, 0.25) is 5.02 Å². The third-order valence-electron chi connectivity index (χ3n) is 5.44. The van der Waals surface area contributed by atoms with Gasteiger partial charge in [0.05, 0.1) is 10.6 Å².